The molecule has 47 heavy (non-hydrogen) atoms. The number of ketones is 1. The number of carbonyl (C=O) groups is 2. The number of nitrogens with zero attached hydrogens (tertiary/aromatic N) is 3. The van der Waals surface area contributed by atoms with Gasteiger partial charge in [0, 0.05) is 43.4 Å². The van der Waals surface area contributed by atoms with E-state index in [0.717, 1.165) is 4.90 Å². The smallest absolute Gasteiger partial charge is 0.411 e. The third-order valence-corrected chi connectivity index (χ3v) is 8.40. The summed E-state index contributed by atoms with van der Waals surface area (Å²) in [5, 5.41) is 2.39. The number of hydrogen-bond donors (Lipinski definition) is 1. The first kappa shape index (κ1) is 33.8. The number of aromatic nitrogens is 2. The molecule has 0 aliphatic carbocycles. The monoisotopic (exact) mass is 664 g/mol. The molecule has 3 heterocycles. The quantitative estimate of drug-likeness (QED) is 0.357. The summed E-state index contributed by atoms with van der Waals surface area (Å²) in [6.07, 6.45) is -4.93. The Bertz CT molecular complexity index is 1750. The van der Waals surface area contributed by atoms with Crippen LogP contribution < -0.4 is 25.2 Å². The van der Waals surface area contributed by atoms with Crippen molar-refractivity contribution in [3.63, 3.8) is 0 Å². The van der Waals surface area contributed by atoms with Crippen LogP contribution in [0.3, 0.4) is 0 Å². The zero-order valence-electron chi connectivity index (χ0n) is 26.1. The van der Waals surface area contributed by atoms with Crippen molar-refractivity contribution in [2.75, 3.05) is 37.9 Å². The second-order valence-electron chi connectivity index (χ2n) is 11.3. The molecular formula is C32H33F5N4O6. The number of anilines is 1. The summed E-state index contributed by atoms with van der Waals surface area (Å²) in [6.45, 7) is 4.34. The molecule has 1 fully saturated rings. The minimum Gasteiger partial charge on any atom is -0.486 e. The lowest BCUT2D eigenvalue weighted by Gasteiger charge is -2.38. The summed E-state index contributed by atoms with van der Waals surface area (Å²) >= 11 is 0. The number of aryl methyl sites for hydroxylation is 1. The molecule has 2 aliphatic rings. The lowest BCUT2D eigenvalue weighted by atomic mass is 9.96. The maximum atomic E-state index is 15.3. The van der Waals surface area contributed by atoms with Crippen molar-refractivity contribution in [3.8, 4) is 22.8 Å². The maximum absolute atomic E-state index is 15.3. The molecule has 2 aromatic carbocycles. The fraction of sp³-hybridized carbons (Fsp3) is 0.438. The highest BCUT2D eigenvalue weighted by Gasteiger charge is 2.46. The number of halogens is 5. The SMILES string of the molecule is CCC(=O)[C@H](Cc1ccc(-c2nc(C)c(C)n(C)c2=O)c2c1OCCO2)NC(=O)c1c(F)cc(N2CCOC[C@@H]2C(F)(F)F)cc1F. The van der Waals surface area contributed by atoms with Gasteiger partial charge in [0.2, 0.25) is 0 Å². The summed E-state index contributed by atoms with van der Waals surface area (Å²) in [7, 11) is 1.62. The van der Waals surface area contributed by atoms with Gasteiger partial charge in [0.15, 0.2) is 17.3 Å². The topological polar surface area (TPSA) is 112 Å². The highest BCUT2D eigenvalue weighted by atomic mass is 19.4. The second-order valence-corrected chi connectivity index (χ2v) is 11.3. The van der Waals surface area contributed by atoms with Gasteiger partial charge in [0.25, 0.3) is 11.5 Å². The van der Waals surface area contributed by atoms with Crippen molar-refractivity contribution in [2.24, 2.45) is 7.05 Å². The van der Waals surface area contributed by atoms with Gasteiger partial charge in [0.1, 0.15) is 42.1 Å². The van der Waals surface area contributed by atoms with E-state index in [2.05, 4.69) is 10.3 Å². The van der Waals surface area contributed by atoms with E-state index in [4.69, 9.17) is 14.2 Å². The molecule has 252 valence electrons. The Labute approximate surface area is 266 Å². The summed E-state index contributed by atoms with van der Waals surface area (Å²) in [6, 6.07) is 1.10. The predicted molar refractivity (Wildman–Crippen MR) is 160 cm³/mol. The first-order valence-corrected chi connectivity index (χ1v) is 14.9. The maximum Gasteiger partial charge on any atom is 0.411 e. The third-order valence-electron chi connectivity index (χ3n) is 8.40. The first-order chi connectivity index (χ1) is 22.2. The second kappa shape index (κ2) is 13.3. The van der Waals surface area contributed by atoms with Gasteiger partial charge in [0.05, 0.1) is 30.5 Å². The number of ether oxygens (including phenoxy) is 3. The number of benzene rings is 2. The number of Topliss-reactive ketones (excluding diaryl/α,β-unsaturated/α-hetero) is 1. The van der Waals surface area contributed by atoms with E-state index in [9.17, 15) is 27.6 Å². The molecule has 1 N–H and O–H groups in total. The highest BCUT2D eigenvalue weighted by Crippen LogP contribution is 2.42. The van der Waals surface area contributed by atoms with E-state index in [1.807, 2.05) is 0 Å². The third kappa shape index (κ3) is 6.66. The van der Waals surface area contributed by atoms with E-state index in [-0.39, 0.29) is 62.0 Å². The summed E-state index contributed by atoms with van der Waals surface area (Å²) in [5.74, 6) is -4.06. The van der Waals surface area contributed by atoms with Crippen LogP contribution in [0, 0.1) is 25.5 Å². The van der Waals surface area contributed by atoms with E-state index in [0.29, 0.717) is 34.6 Å². The van der Waals surface area contributed by atoms with Crippen molar-refractivity contribution in [1.29, 1.82) is 0 Å². The lowest BCUT2D eigenvalue weighted by Crippen LogP contribution is -2.53. The molecule has 3 aromatic rings. The molecule has 1 aromatic heterocycles. The first-order valence-electron chi connectivity index (χ1n) is 14.9. The Balaban J connectivity index is 1.45. The Morgan fingerprint density at radius 1 is 1.06 bits per heavy atom. The van der Waals surface area contributed by atoms with Crippen LogP contribution in [0.1, 0.15) is 40.7 Å². The van der Waals surface area contributed by atoms with Crippen molar-refractivity contribution in [1.82, 2.24) is 14.9 Å². The Morgan fingerprint density at radius 2 is 1.72 bits per heavy atom. The number of rotatable bonds is 8. The summed E-state index contributed by atoms with van der Waals surface area (Å²) < 4.78 is 89.3. The fourth-order valence-electron chi connectivity index (χ4n) is 5.63. The molecule has 0 bridgehead atoms. The van der Waals surface area contributed by atoms with Gasteiger partial charge in [-0.3, -0.25) is 14.4 Å². The van der Waals surface area contributed by atoms with Crippen molar-refractivity contribution < 1.29 is 45.8 Å². The Kier molecular flexibility index (Phi) is 9.57. The van der Waals surface area contributed by atoms with Gasteiger partial charge in [-0.05, 0) is 32.0 Å². The molecule has 10 nitrogen and oxygen atoms in total. The molecule has 0 saturated carbocycles. The van der Waals surface area contributed by atoms with E-state index < -0.39 is 59.4 Å². The Hall–Kier alpha value is -4.53. The number of amides is 1. The van der Waals surface area contributed by atoms with Gasteiger partial charge < -0.3 is 29.0 Å². The van der Waals surface area contributed by atoms with Crippen LogP contribution in [0.4, 0.5) is 27.6 Å². The zero-order chi connectivity index (χ0) is 34.2. The molecule has 1 amide bonds. The molecule has 2 aliphatic heterocycles. The average Bonchev–Trinajstić information content (AvgIpc) is 3.04. The molecule has 0 spiro atoms. The van der Waals surface area contributed by atoms with Crippen LogP contribution in [-0.4, -0.2) is 72.5 Å². The van der Waals surface area contributed by atoms with E-state index in [1.54, 1.807) is 40.0 Å². The summed E-state index contributed by atoms with van der Waals surface area (Å²) in [4.78, 5) is 44.6. The van der Waals surface area contributed by atoms with Crippen LogP contribution >= 0.6 is 0 Å². The van der Waals surface area contributed by atoms with E-state index >= 15 is 8.78 Å². The van der Waals surface area contributed by atoms with Crippen LogP contribution in [0.2, 0.25) is 0 Å². The molecule has 2 atom stereocenters. The average molecular weight is 665 g/mol. The lowest BCUT2D eigenvalue weighted by molar-refractivity contribution is -0.167. The minimum absolute atomic E-state index is 0.0368. The minimum atomic E-state index is -4.73. The van der Waals surface area contributed by atoms with Crippen molar-refractivity contribution in [2.45, 2.75) is 51.9 Å². The molecule has 15 heteroatoms. The zero-order valence-corrected chi connectivity index (χ0v) is 26.1. The van der Waals surface area contributed by atoms with Gasteiger partial charge in [-0.15, -0.1) is 0 Å². The van der Waals surface area contributed by atoms with Crippen LogP contribution in [0.5, 0.6) is 11.5 Å². The molecule has 5 rings (SSSR count). The van der Waals surface area contributed by atoms with Gasteiger partial charge >= 0.3 is 6.18 Å². The largest absolute Gasteiger partial charge is 0.486 e. The van der Waals surface area contributed by atoms with Gasteiger partial charge in [-0.1, -0.05) is 13.0 Å². The standard InChI is InChI=1S/C32H33F5N4O6/c1-5-24(42)23(39-30(43)26-21(33)13-19(14-22(26)34)41-8-9-45-15-25(41)32(35,36)37)12-18-6-7-20(29-28(18)46-10-11-47-29)27-31(44)40(4)17(3)16(2)38-27/h6-7,13-14,23,25H,5,8-12,15H2,1-4H3,(H,39,43)/t23-,25+/m0/s1. The van der Waals surface area contributed by atoms with Crippen molar-refractivity contribution in [3.05, 3.63) is 68.8 Å². The van der Waals surface area contributed by atoms with Gasteiger partial charge in [-0.25, -0.2) is 13.8 Å². The van der Waals surface area contributed by atoms with Gasteiger partial charge in [-0.2, -0.15) is 13.2 Å². The normalized spacial score (nSPS) is 17.0. The molecule has 1 saturated heterocycles. The highest BCUT2D eigenvalue weighted by molar-refractivity contribution is 5.98. The number of carbonyl (C=O) groups excluding carboxylic acids is 2. The number of morpholine rings is 1. The molecular weight excluding hydrogens is 631 g/mol. The molecule has 0 radical (unpaired) electrons. The molecule has 0 unspecified atom stereocenters. The van der Waals surface area contributed by atoms with E-state index in [1.165, 1.54) is 4.57 Å². The van der Waals surface area contributed by atoms with Crippen molar-refractivity contribution >= 4 is 17.4 Å². The van der Waals surface area contributed by atoms with Crippen LogP contribution in [-0.2, 0) is 23.0 Å². The summed E-state index contributed by atoms with van der Waals surface area (Å²) in [5.41, 5.74) is 0.420. The number of fused-ring (bicyclic) bond motifs is 1. The number of alkyl halides is 3. The Morgan fingerprint density at radius 3 is 2.36 bits per heavy atom. The van der Waals surface area contributed by atoms with Crippen LogP contribution in [0.25, 0.3) is 11.3 Å². The number of hydrogen-bond acceptors (Lipinski definition) is 8. The van der Waals surface area contributed by atoms with Crippen LogP contribution in [0.15, 0.2) is 29.1 Å². The fourth-order valence-corrected chi connectivity index (χ4v) is 5.63. The predicted octanol–water partition coefficient (Wildman–Crippen LogP) is 4.20. The number of nitrogens with one attached hydrogen (secondary N) is 1.